The minimum absolute atomic E-state index is 0.0393. The molecular formula is C15H22O5S. The standard InChI is InChI=1S/C15H22O5S/c1-4-5-6-7-14(15(16)19-3)20-21(17,18)13-10-8-12(2)9-11-13/h8-11,14H,4-7H2,1-3H3. The predicted molar refractivity (Wildman–Crippen MR) is 79.4 cm³/mol. The normalized spacial score (nSPS) is 12.9. The van der Waals surface area contributed by atoms with Crippen LogP contribution in [0.5, 0.6) is 0 Å². The zero-order chi connectivity index (χ0) is 15.9. The van der Waals surface area contributed by atoms with Crippen molar-refractivity contribution >= 4 is 16.1 Å². The van der Waals surface area contributed by atoms with Crippen LogP contribution < -0.4 is 0 Å². The zero-order valence-electron chi connectivity index (χ0n) is 12.7. The Kier molecular flexibility index (Phi) is 6.84. The number of unbranched alkanes of at least 4 members (excludes halogenated alkanes) is 2. The first-order valence-electron chi connectivity index (χ1n) is 6.98. The molecule has 1 atom stereocenters. The van der Waals surface area contributed by atoms with Crippen molar-refractivity contribution in [2.45, 2.75) is 50.5 Å². The van der Waals surface area contributed by atoms with Crippen LogP contribution in [0.4, 0.5) is 0 Å². The highest BCUT2D eigenvalue weighted by Crippen LogP contribution is 2.18. The molecule has 0 aliphatic heterocycles. The van der Waals surface area contributed by atoms with Crippen LogP contribution in [0.25, 0.3) is 0 Å². The second-order valence-electron chi connectivity index (χ2n) is 4.87. The Labute approximate surface area is 126 Å². The summed E-state index contributed by atoms with van der Waals surface area (Å²) in [6.45, 7) is 3.89. The van der Waals surface area contributed by atoms with E-state index in [4.69, 9.17) is 4.18 Å². The number of rotatable bonds is 8. The molecule has 0 N–H and O–H groups in total. The van der Waals surface area contributed by atoms with Crippen molar-refractivity contribution < 1.29 is 22.1 Å². The van der Waals surface area contributed by atoms with E-state index in [1.54, 1.807) is 12.1 Å². The van der Waals surface area contributed by atoms with E-state index < -0.39 is 22.2 Å². The molecule has 1 aromatic rings. The smallest absolute Gasteiger partial charge is 0.336 e. The van der Waals surface area contributed by atoms with Gasteiger partial charge in [-0.3, -0.25) is 4.18 Å². The number of esters is 1. The number of hydrogen-bond donors (Lipinski definition) is 0. The van der Waals surface area contributed by atoms with Crippen molar-refractivity contribution in [3.63, 3.8) is 0 Å². The van der Waals surface area contributed by atoms with Gasteiger partial charge in [0.05, 0.1) is 12.0 Å². The molecule has 1 unspecified atom stereocenters. The van der Waals surface area contributed by atoms with Gasteiger partial charge in [-0.1, -0.05) is 43.9 Å². The Balaban J connectivity index is 2.85. The van der Waals surface area contributed by atoms with Crippen LogP contribution in [0.15, 0.2) is 29.2 Å². The summed E-state index contributed by atoms with van der Waals surface area (Å²) < 4.78 is 34.0. The topological polar surface area (TPSA) is 69.7 Å². The maximum absolute atomic E-state index is 12.2. The molecule has 0 radical (unpaired) electrons. The van der Waals surface area contributed by atoms with Crippen molar-refractivity contribution in [3.05, 3.63) is 29.8 Å². The lowest BCUT2D eigenvalue weighted by molar-refractivity contribution is -0.149. The monoisotopic (exact) mass is 314 g/mol. The summed E-state index contributed by atoms with van der Waals surface area (Å²) in [5, 5.41) is 0. The number of carbonyl (C=O) groups excluding carboxylic acids is 1. The Morgan fingerprint density at radius 2 is 1.81 bits per heavy atom. The highest BCUT2D eigenvalue weighted by atomic mass is 32.2. The van der Waals surface area contributed by atoms with Crippen molar-refractivity contribution in [1.29, 1.82) is 0 Å². The lowest BCUT2D eigenvalue weighted by Gasteiger charge is -2.15. The van der Waals surface area contributed by atoms with Crippen molar-refractivity contribution in [2.75, 3.05) is 7.11 Å². The van der Waals surface area contributed by atoms with E-state index in [-0.39, 0.29) is 4.90 Å². The molecule has 5 nitrogen and oxygen atoms in total. The lowest BCUT2D eigenvalue weighted by atomic mass is 10.1. The highest BCUT2D eigenvalue weighted by Gasteiger charge is 2.27. The average molecular weight is 314 g/mol. The third-order valence-corrected chi connectivity index (χ3v) is 4.42. The van der Waals surface area contributed by atoms with Gasteiger partial charge in [0.15, 0.2) is 6.10 Å². The van der Waals surface area contributed by atoms with E-state index in [0.29, 0.717) is 12.8 Å². The molecule has 0 aliphatic carbocycles. The Hall–Kier alpha value is -1.40. The molecule has 0 saturated heterocycles. The van der Waals surface area contributed by atoms with Crippen molar-refractivity contribution in [1.82, 2.24) is 0 Å². The van der Waals surface area contributed by atoms with Gasteiger partial charge in [-0.25, -0.2) is 4.79 Å². The molecule has 0 amide bonds. The summed E-state index contributed by atoms with van der Waals surface area (Å²) in [4.78, 5) is 11.7. The summed E-state index contributed by atoms with van der Waals surface area (Å²) in [5.74, 6) is -0.665. The molecule has 1 rings (SSSR count). The van der Waals surface area contributed by atoms with Gasteiger partial charge in [0.1, 0.15) is 0 Å². The summed E-state index contributed by atoms with van der Waals surface area (Å²) in [6, 6.07) is 6.29. The molecule has 0 spiro atoms. The molecule has 0 bridgehead atoms. The molecule has 0 aliphatic rings. The number of hydrogen-bond acceptors (Lipinski definition) is 5. The summed E-state index contributed by atoms with van der Waals surface area (Å²) in [6.07, 6.45) is 1.82. The highest BCUT2D eigenvalue weighted by molar-refractivity contribution is 7.86. The van der Waals surface area contributed by atoms with Crippen molar-refractivity contribution in [2.24, 2.45) is 0 Å². The van der Waals surface area contributed by atoms with Gasteiger partial charge in [-0.05, 0) is 25.5 Å². The second kappa shape index (κ2) is 8.14. The molecule has 0 saturated carbocycles. The van der Waals surface area contributed by atoms with E-state index >= 15 is 0 Å². The summed E-state index contributed by atoms with van der Waals surface area (Å²) >= 11 is 0. The van der Waals surface area contributed by atoms with Crippen LogP contribution in [-0.4, -0.2) is 27.6 Å². The van der Waals surface area contributed by atoms with Gasteiger partial charge in [-0.15, -0.1) is 0 Å². The Morgan fingerprint density at radius 1 is 1.19 bits per heavy atom. The Bertz CT molecular complexity index is 548. The van der Waals surface area contributed by atoms with Gasteiger partial charge in [0, 0.05) is 0 Å². The first-order chi connectivity index (χ1) is 9.90. The van der Waals surface area contributed by atoms with E-state index in [2.05, 4.69) is 4.74 Å². The molecule has 0 fully saturated rings. The van der Waals surface area contributed by atoms with Crippen LogP contribution in [-0.2, 0) is 23.8 Å². The van der Waals surface area contributed by atoms with Crippen LogP contribution in [0.3, 0.4) is 0 Å². The molecule has 6 heteroatoms. The minimum atomic E-state index is -3.97. The van der Waals surface area contributed by atoms with Crippen LogP contribution in [0, 0.1) is 6.92 Å². The number of aryl methyl sites for hydroxylation is 1. The predicted octanol–water partition coefficient (Wildman–Crippen LogP) is 2.82. The zero-order valence-corrected chi connectivity index (χ0v) is 13.5. The third-order valence-electron chi connectivity index (χ3n) is 3.09. The number of benzene rings is 1. The molecule has 0 heterocycles. The average Bonchev–Trinajstić information content (AvgIpc) is 2.46. The summed E-state index contributed by atoms with van der Waals surface area (Å²) in [7, 11) is -2.75. The largest absolute Gasteiger partial charge is 0.467 e. The lowest BCUT2D eigenvalue weighted by Crippen LogP contribution is -2.28. The van der Waals surface area contributed by atoms with Gasteiger partial charge < -0.3 is 4.74 Å². The summed E-state index contributed by atoms with van der Waals surface area (Å²) in [5.41, 5.74) is 0.946. The van der Waals surface area contributed by atoms with E-state index in [1.807, 2.05) is 13.8 Å². The van der Waals surface area contributed by atoms with Gasteiger partial charge in [0.2, 0.25) is 0 Å². The number of methoxy groups -OCH3 is 1. The van der Waals surface area contributed by atoms with Crippen LogP contribution in [0.1, 0.15) is 38.2 Å². The van der Waals surface area contributed by atoms with Gasteiger partial charge >= 0.3 is 5.97 Å². The fourth-order valence-corrected chi connectivity index (χ4v) is 2.89. The van der Waals surface area contributed by atoms with Crippen LogP contribution >= 0.6 is 0 Å². The molecule has 1 aromatic carbocycles. The maximum atomic E-state index is 12.2. The molecule has 0 aromatic heterocycles. The van der Waals surface area contributed by atoms with E-state index in [9.17, 15) is 13.2 Å². The Morgan fingerprint density at radius 3 is 2.33 bits per heavy atom. The van der Waals surface area contributed by atoms with Crippen LogP contribution in [0.2, 0.25) is 0 Å². The number of ether oxygens (including phenoxy) is 1. The number of carbonyl (C=O) groups is 1. The first-order valence-corrected chi connectivity index (χ1v) is 8.39. The fourth-order valence-electron chi connectivity index (χ4n) is 1.83. The van der Waals surface area contributed by atoms with Gasteiger partial charge in [0.25, 0.3) is 10.1 Å². The molecule has 118 valence electrons. The second-order valence-corrected chi connectivity index (χ2v) is 6.44. The van der Waals surface area contributed by atoms with E-state index in [1.165, 1.54) is 19.2 Å². The first kappa shape index (κ1) is 17.7. The maximum Gasteiger partial charge on any atom is 0.336 e. The SMILES string of the molecule is CCCCCC(OS(=O)(=O)c1ccc(C)cc1)C(=O)OC. The molecular weight excluding hydrogens is 292 g/mol. The quantitative estimate of drug-likeness (QED) is 0.419. The van der Waals surface area contributed by atoms with Crippen molar-refractivity contribution in [3.8, 4) is 0 Å². The van der Waals surface area contributed by atoms with Gasteiger partial charge in [-0.2, -0.15) is 8.42 Å². The minimum Gasteiger partial charge on any atom is -0.467 e. The fraction of sp³-hybridized carbons (Fsp3) is 0.533. The van der Waals surface area contributed by atoms with E-state index in [0.717, 1.165) is 18.4 Å². The third kappa shape index (κ3) is 5.47. The molecule has 21 heavy (non-hydrogen) atoms.